The lowest BCUT2D eigenvalue weighted by atomic mass is 10.1. The van der Waals surface area contributed by atoms with E-state index in [1.165, 1.54) is 23.1 Å². The van der Waals surface area contributed by atoms with Crippen molar-refractivity contribution >= 4 is 27.5 Å². The SMILES string of the molecule is CN(C)C(=O)c1cccc(NC(=O)c2cccc(S(=O)(=O)NC3CC3)c2)c1. The summed E-state index contributed by atoms with van der Waals surface area (Å²) in [5.41, 5.74) is 1.12. The van der Waals surface area contributed by atoms with Crippen molar-refractivity contribution < 1.29 is 18.0 Å². The van der Waals surface area contributed by atoms with E-state index in [-0.39, 0.29) is 22.4 Å². The predicted molar refractivity (Wildman–Crippen MR) is 102 cm³/mol. The van der Waals surface area contributed by atoms with Gasteiger partial charge in [0.15, 0.2) is 0 Å². The molecule has 2 aromatic rings. The Morgan fingerprint density at radius 3 is 2.33 bits per heavy atom. The molecule has 0 saturated heterocycles. The molecule has 0 aliphatic heterocycles. The monoisotopic (exact) mass is 387 g/mol. The van der Waals surface area contributed by atoms with Crippen LogP contribution in [0.4, 0.5) is 5.69 Å². The number of rotatable bonds is 6. The summed E-state index contributed by atoms with van der Waals surface area (Å²) in [5, 5.41) is 2.70. The molecular formula is C19H21N3O4S. The lowest BCUT2D eigenvalue weighted by molar-refractivity contribution is 0.0827. The molecule has 1 fully saturated rings. The molecule has 0 bridgehead atoms. The lowest BCUT2D eigenvalue weighted by Gasteiger charge is -2.12. The molecule has 27 heavy (non-hydrogen) atoms. The van der Waals surface area contributed by atoms with Gasteiger partial charge in [-0.05, 0) is 49.2 Å². The Hall–Kier alpha value is -2.71. The molecule has 1 aliphatic carbocycles. The highest BCUT2D eigenvalue weighted by molar-refractivity contribution is 7.89. The van der Waals surface area contributed by atoms with Gasteiger partial charge in [-0.1, -0.05) is 12.1 Å². The third kappa shape index (κ3) is 4.72. The van der Waals surface area contributed by atoms with Crippen molar-refractivity contribution in [3.05, 3.63) is 59.7 Å². The molecule has 0 aromatic heterocycles. The van der Waals surface area contributed by atoms with Crippen LogP contribution in [0.2, 0.25) is 0 Å². The molecule has 1 aliphatic rings. The standard InChI is InChI=1S/C19H21N3O4S/c1-22(2)19(24)14-6-3-7-16(11-14)20-18(23)13-5-4-8-17(12-13)27(25,26)21-15-9-10-15/h3-8,11-12,15,21H,9-10H2,1-2H3,(H,20,23). The van der Waals surface area contributed by atoms with Crippen LogP contribution >= 0.6 is 0 Å². The van der Waals surface area contributed by atoms with E-state index in [0.717, 1.165) is 12.8 Å². The number of amides is 2. The fourth-order valence-electron chi connectivity index (χ4n) is 2.48. The molecule has 8 heteroatoms. The first-order chi connectivity index (χ1) is 12.8. The van der Waals surface area contributed by atoms with Crippen molar-refractivity contribution in [2.24, 2.45) is 0 Å². The van der Waals surface area contributed by atoms with Gasteiger partial charge in [-0.2, -0.15) is 0 Å². The number of carbonyl (C=O) groups is 2. The second-order valence-corrected chi connectivity index (χ2v) is 8.37. The second-order valence-electron chi connectivity index (χ2n) is 6.66. The molecule has 2 N–H and O–H groups in total. The number of hydrogen-bond donors (Lipinski definition) is 2. The van der Waals surface area contributed by atoms with Gasteiger partial charge in [0.2, 0.25) is 10.0 Å². The quantitative estimate of drug-likeness (QED) is 0.793. The Morgan fingerprint density at radius 2 is 1.67 bits per heavy atom. The zero-order valence-corrected chi connectivity index (χ0v) is 15.9. The summed E-state index contributed by atoms with van der Waals surface area (Å²) >= 11 is 0. The summed E-state index contributed by atoms with van der Waals surface area (Å²) in [6.07, 6.45) is 1.67. The van der Waals surface area contributed by atoms with Crippen LogP contribution in [0, 0.1) is 0 Å². The molecule has 0 atom stereocenters. The zero-order chi connectivity index (χ0) is 19.6. The summed E-state index contributed by atoms with van der Waals surface area (Å²) in [4.78, 5) is 26.1. The minimum Gasteiger partial charge on any atom is -0.345 e. The average Bonchev–Trinajstić information content (AvgIpc) is 3.44. The Morgan fingerprint density at radius 1 is 1.00 bits per heavy atom. The van der Waals surface area contributed by atoms with E-state index in [0.29, 0.717) is 11.3 Å². The average molecular weight is 387 g/mol. The van der Waals surface area contributed by atoms with E-state index >= 15 is 0 Å². The fourth-order valence-corrected chi connectivity index (χ4v) is 3.84. The van der Waals surface area contributed by atoms with Gasteiger partial charge >= 0.3 is 0 Å². The number of nitrogens with one attached hydrogen (secondary N) is 2. The van der Waals surface area contributed by atoms with Crippen molar-refractivity contribution in [3.8, 4) is 0 Å². The first-order valence-electron chi connectivity index (χ1n) is 8.52. The Balaban J connectivity index is 1.78. The van der Waals surface area contributed by atoms with Crippen molar-refractivity contribution in [3.63, 3.8) is 0 Å². The molecule has 3 rings (SSSR count). The van der Waals surface area contributed by atoms with Crippen LogP contribution in [-0.2, 0) is 10.0 Å². The van der Waals surface area contributed by atoms with E-state index in [1.807, 2.05) is 0 Å². The van der Waals surface area contributed by atoms with E-state index in [1.54, 1.807) is 44.4 Å². The van der Waals surface area contributed by atoms with Crippen LogP contribution < -0.4 is 10.0 Å². The van der Waals surface area contributed by atoms with E-state index in [9.17, 15) is 18.0 Å². The number of anilines is 1. The topological polar surface area (TPSA) is 95.6 Å². The van der Waals surface area contributed by atoms with Crippen LogP contribution in [-0.4, -0.2) is 45.3 Å². The molecule has 2 amide bonds. The number of benzene rings is 2. The maximum absolute atomic E-state index is 12.5. The molecule has 0 unspecified atom stereocenters. The minimum atomic E-state index is -3.63. The number of sulfonamides is 1. The summed E-state index contributed by atoms with van der Waals surface area (Å²) in [6.45, 7) is 0. The summed E-state index contributed by atoms with van der Waals surface area (Å²) in [5.74, 6) is -0.627. The second kappa shape index (κ2) is 7.50. The maximum atomic E-state index is 12.5. The number of nitrogens with zero attached hydrogens (tertiary/aromatic N) is 1. The molecule has 1 saturated carbocycles. The Labute approximate surface area is 158 Å². The third-order valence-electron chi connectivity index (χ3n) is 4.08. The van der Waals surface area contributed by atoms with Gasteiger partial charge in [0.1, 0.15) is 0 Å². The van der Waals surface area contributed by atoms with Gasteiger partial charge in [0.05, 0.1) is 4.90 Å². The van der Waals surface area contributed by atoms with Crippen LogP contribution in [0.5, 0.6) is 0 Å². The first-order valence-corrected chi connectivity index (χ1v) is 10.00. The maximum Gasteiger partial charge on any atom is 0.255 e. The minimum absolute atomic E-state index is 0.00976. The van der Waals surface area contributed by atoms with Gasteiger partial charge in [-0.25, -0.2) is 13.1 Å². The van der Waals surface area contributed by atoms with Gasteiger partial charge in [-0.15, -0.1) is 0 Å². The highest BCUT2D eigenvalue weighted by Gasteiger charge is 2.28. The summed E-state index contributed by atoms with van der Waals surface area (Å²) in [6, 6.07) is 12.4. The Bertz CT molecular complexity index is 982. The molecule has 0 radical (unpaired) electrons. The van der Waals surface area contributed by atoms with Crippen LogP contribution in [0.25, 0.3) is 0 Å². The van der Waals surface area contributed by atoms with Crippen LogP contribution in [0.15, 0.2) is 53.4 Å². The van der Waals surface area contributed by atoms with Gasteiger partial charge < -0.3 is 10.2 Å². The van der Waals surface area contributed by atoms with Crippen molar-refractivity contribution in [2.45, 2.75) is 23.8 Å². The first kappa shape index (κ1) is 19.1. The smallest absolute Gasteiger partial charge is 0.255 e. The van der Waals surface area contributed by atoms with E-state index in [2.05, 4.69) is 10.0 Å². The lowest BCUT2D eigenvalue weighted by Crippen LogP contribution is -2.26. The molecule has 142 valence electrons. The highest BCUT2D eigenvalue weighted by Crippen LogP contribution is 2.22. The molecule has 0 spiro atoms. The van der Waals surface area contributed by atoms with Crippen LogP contribution in [0.3, 0.4) is 0 Å². The molecule has 0 heterocycles. The number of carbonyl (C=O) groups excluding carboxylic acids is 2. The largest absolute Gasteiger partial charge is 0.345 e. The number of hydrogen-bond acceptors (Lipinski definition) is 4. The molecule has 7 nitrogen and oxygen atoms in total. The third-order valence-corrected chi connectivity index (χ3v) is 5.60. The van der Waals surface area contributed by atoms with Gasteiger partial charge in [0, 0.05) is 37.0 Å². The van der Waals surface area contributed by atoms with E-state index < -0.39 is 15.9 Å². The van der Waals surface area contributed by atoms with Crippen molar-refractivity contribution in [2.75, 3.05) is 19.4 Å². The van der Waals surface area contributed by atoms with Gasteiger partial charge in [-0.3, -0.25) is 9.59 Å². The predicted octanol–water partition coefficient (Wildman–Crippen LogP) is 2.08. The normalized spacial score (nSPS) is 13.9. The zero-order valence-electron chi connectivity index (χ0n) is 15.1. The highest BCUT2D eigenvalue weighted by atomic mass is 32.2. The molecule has 2 aromatic carbocycles. The van der Waals surface area contributed by atoms with Crippen molar-refractivity contribution in [1.82, 2.24) is 9.62 Å². The van der Waals surface area contributed by atoms with E-state index in [4.69, 9.17) is 0 Å². The summed E-state index contributed by atoms with van der Waals surface area (Å²) < 4.78 is 27.2. The Kier molecular flexibility index (Phi) is 5.29. The van der Waals surface area contributed by atoms with Gasteiger partial charge in [0.25, 0.3) is 11.8 Å². The van der Waals surface area contributed by atoms with Crippen molar-refractivity contribution in [1.29, 1.82) is 0 Å². The molecular weight excluding hydrogens is 366 g/mol. The van der Waals surface area contributed by atoms with Crippen LogP contribution in [0.1, 0.15) is 33.6 Å². The summed E-state index contributed by atoms with van der Waals surface area (Å²) in [7, 11) is -0.338. The fraction of sp³-hybridized carbons (Fsp3) is 0.263.